The van der Waals surface area contributed by atoms with Gasteiger partial charge in [-0.25, -0.2) is 4.39 Å². The molecule has 35 heavy (non-hydrogen) atoms. The highest BCUT2D eigenvalue weighted by atomic mass is 19.4. The fourth-order valence-electron chi connectivity index (χ4n) is 3.52. The third kappa shape index (κ3) is 4.93. The quantitative estimate of drug-likeness (QED) is 0.238. The molecule has 0 amide bonds. The lowest BCUT2D eigenvalue weighted by atomic mass is 10.0. The first-order valence-electron chi connectivity index (χ1n) is 9.97. The Morgan fingerprint density at radius 1 is 0.800 bits per heavy atom. The molecule has 4 nitrogen and oxygen atoms in total. The van der Waals surface area contributed by atoms with Crippen molar-refractivity contribution in [1.29, 1.82) is 0 Å². The number of alkyl halides is 6. The standard InChI is InChI=1S/C24H14F7N3O/c1-12(35)17-7-6-13(8-20(17)25)21-18-4-2-3-5-19(18)22(34-33-21)32-16-10-14(23(26,27)28)9-15(11-16)24(29,30)31/h2-11H,1H3,(H,32,34). The van der Waals surface area contributed by atoms with E-state index in [2.05, 4.69) is 15.5 Å². The molecule has 0 radical (unpaired) electrons. The molecule has 0 fully saturated rings. The molecule has 0 saturated heterocycles. The lowest BCUT2D eigenvalue weighted by molar-refractivity contribution is -0.143. The van der Waals surface area contributed by atoms with Crippen molar-refractivity contribution in [2.45, 2.75) is 19.3 Å². The van der Waals surface area contributed by atoms with Gasteiger partial charge >= 0.3 is 12.4 Å². The first kappa shape index (κ1) is 24.1. The van der Waals surface area contributed by atoms with Crippen molar-refractivity contribution < 1.29 is 35.5 Å². The molecule has 0 aliphatic carbocycles. The Bertz CT molecular complexity index is 1410. The molecule has 4 rings (SSSR count). The highest BCUT2D eigenvalue weighted by Gasteiger charge is 2.37. The second-order valence-electron chi connectivity index (χ2n) is 7.61. The van der Waals surface area contributed by atoms with Gasteiger partial charge in [0, 0.05) is 22.0 Å². The highest BCUT2D eigenvalue weighted by Crippen LogP contribution is 2.39. The zero-order valence-electron chi connectivity index (χ0n) is 17.7. The van der Waals surface area contributed by atoms with Gasteiger partial charge in [-0.05, 0) is 37.3 Å². The van der Waals surface area contributed by atoms with Crippen LogP contribution in [-0.4, -0.2) is 16.0 Å². The Morgan fingerprint density at radius 3 is 1.94 bits per heavy atom. The van der Waals surface area contributed by atoms with Crippen LogP contribution in [0.4, 0.5) is 42.2 Å². The number of hydrogen-bond acceptors (Lipinski definition) is 4. The molecular formula is C24H14F7N3O. The molecule has 1 aromatic heterocycles. The number of carbonyl (C=O) groups is 1. The van der Waals surface area contributed by atoms with E-state index in [4.69, 9.17) is 0 Å². The maximum atomic E-state index is 14.4. The Balaban J connectivity index is 1.82. The third-order valence-corrected chi connectivity index (χ3v) is 5.16. The van der Waals surface area contributed by atoms with Crippen LogP contribution in [0.3, 0.4) is 0 Å². The van der Waals surface area contributed by atoms with Crippen molar-refractivity contribution in [2.24, 2.45) is 0 Å². The summed E-state index contributed by atoms with van der Waals surface area (Å²) >= 11 is 0. The molecule has 11 heteroatoms. The summed E-state index contributed by atoms with van der Waals surface area (Å²) in [5.74, 6) is -1.34. The fourth-order valence-corrected chi connectivity index (χ4v) is 3.52. The number of fused-ring (bicyclic) bond motifs is 1. The molecule has 0 atom stereocenters. The summed E-state index contributed by atoms with van der Waals surface area (Å²) < 4.78 is 93.6. The Morgan fingerprint density at radius 2 is 1.40 bits per heavy atom. The summed E-state index contributed by atoms with van der Waals surface area (Å²) in [6.07, 6.45) is -10.0. The van der Waals surface area contributed by atoms with Gasteiger partial charge in [-0.15, -0.1) is 10.2 Å². The molecule has 0 aliphatic rings. The van der Waals surface area contributed by atoms with Gasteiger partial charge in [0.2, 0.25) is 0 Å². The Labute approximate surface area is 193 Å². The van der Waals surface area contributed by atoms with Gasteiger partial charge < -0.3 is 5.32 Å². The smallest absolute Gasteiger partial charge is 0.338 e. The summed E-state index contributed by atoms with van der Waals surface area (Å²) in [5.41, 5.74) is -3.08. The van der Waals surface area contributed by atoms with Gasteiger partial charge in [-0.3, -0.25) is 4.79 Å². The number of nitrogens with one attached hydrogen (secondary N) is 1. The molecule has 1 N–H and O–H groups in total. The zero-order valence-corrected chi connectivity index (χ0v) is 17.7. The molecular weight excluding hydrogens is 479 g/mol. The predicted molar refractivity (Wildman–Crippen MR) is 115 cm³/mol. The largest absolute Gasteiger partial charge is 0.416 e. The van der Waals surface area contributed by atoms with Crippen molar-refractivity contribution in [3.05, 3.63) is 83.2 Å². The number of benzene rings is 3. The van der Waals surface area contributed by atoms with Gasteiger partial charge in [-0.1, -0.05) is 30.3 Å². The summed E-state index contributed by atoms with van der Waals surface area (Å²) in [5, 5.41) is 11.2. The first-order valence-corrected chi connectivity index (χ1v) is 9.97. The molecule has 0 unspecified atom stereocenters. The van der Waals surface area contributed by atoms with Crippen molar-refractivity contribution in [3.8, 4) is 11.3 Å². The number of aromatic nitrogens is 2. The van der Waals surface area contributed by atoms with Crippen LogP contribution in [0.2, 0.25) is 0 Å². The highest BCUT2D eigenvalue weighted by molar-refractivity contribution is 6.01. The van der Waals surface area contributed by atoms with Crippen molar-refractivity contribution in [1.82, 2.24) is 10.2 Å². The van der Waals surface area contributed by atoms with E-state index in [1.165, 1.54) is 25.1 Å². The van der Waals surface area contributed by atoms with Crippen LogP contribution in [-0.2, 0) is 12.4 Å². The number of carbonyl (C=O) groups excluding carboxylic acids is 1. The van der Waals surface area contributed by atoms with E-state index in [1.54, 1.807) is 18.2 Å². The van der Waals surface area contributed by atoms with E-state index in [1.807, 2.05) is 0 Å². The molecule has 0 spiro atoms. The van der Waals surface area contributed by atoms with E-state index >= 15 is 0 Å². The molecule has 180 valence electrons. The number of anilines is 2. The molecule has 0 bridgehead atoms. The van der Waals surface area contributed by atoms with E-state index < -0.39 is 40.8 Å². The zero-order chi connectivity index (χ0) is 25.5. The second kappa shape index (κ2) is 8.64. The number of Topliss-reactive ketones (excluding diaryl/α,β-unsaturated/α-hetero) is 1. The summed E-state index contributed by atoms with van der Waals surface area (Å²) in [6.45, 7) is 1.21. The van der Waals surface area contributed by atoms with Gasteiger partial charge in [0.1, 0.15) is 11.5 Å². The summed E-state index contributed by atoms with van der Waals surface area (Å²) in [4.78, 5) is 11.5. The topological polar surface area (TPSA) is 54.9 Å². The van der Waals surface area contributed by atoms with Crippen LogP contribution < -0.4 is 5.32 Å². The minimum Gasteiger partial charge on any atom is -0.338 e. The number of hydrogen-bond donors (Lipinski definition) is 1. The number of nitrogens with zero attached hydrogens (tertiary/aromatic N) is 2. The normalized spacial score (nSPS) is 12.1. The average molecular weight is 493 g/mol. The average Bonchev–Trinajstić information content (AvgIpc) is 2.77. The van der Waals surface area contributed by atoms with Crippen molar-refractivity contribution >= 4 is 28.1 Å². The van der Waals surface area contributed by atoms with Crippen LogP contribution in [0.1, 0.15) is 28.4 Å². The number of rotatable bonds is 4. The number of ketones is 1. The van der Waals surface area contributed by atoms with Crippen LogP contribution in [0.25, 0.3) is 22.0 Å². The lowest BCUT2D eigenvalue weighted by Crippen LogP contribution is -2.12. The van der Waals surface area contributed by atoms with Crippen LogP contribution >= 0.6 is 0 Å². The van der Waals surface area contributed by atoms with Gasteiger partial charge in [0.15, 0.2) is 11.6 Å². The molecule has 4 aromatic rings. The van der Waals surface area contributed by atoms with E-state index in [0.29, 0.717) is 22.9 Å². The second-order valence-corrected chi connectivity index (χ2v) is 7.61. The molecule has 1 heterocycles. The first-order chi connectivity index (χ1) is 16.3. The minimum absolute atomic E-state index is 0.0251. The van der Waals surface area contributed by atoms with Gasteiger partial charge in [-0.2, -0.15) is 26.3 Å². The van der Waals surface area contributed by atoms with Crippen LogP contribution in [0.15, 0.2) is 60.7 Å². The fraction of sp³-hybridized carbons (Fsp3) is 0.125. The van der Waals surface area contributed by atoms with Crippen LogP contribution in [0.5, 0.6) is 0 Å². The van der Waals surface area contributed by atoms with Crippen LogP contribution in [0, 0.1) is 5.82 Å². The number of halogens is 7. The molecule has 0 saturated carbocycles. The minimum atomic E-state index is -5.01. The predicted octanol–water partition coefficient (Wildman–Crippen LogP) is 7.42. The monoisotopic (exact) mass is 493 g/mol. The van der Waals surface area contributed by atoms with E-state index in [9.17, 15) is 35.5 Å². The third-order valence-electron chi connectivity index (χ3n) is 5.16. The summed E-state index contributed by atoms with van der Waals surface area (Å²) in [7, 11) is 0. The van der Waals surface area contributed by atoms with Crippen molar-refractivity contribution in [3.63, 3.8) is 0 Å². The van der Waals surface area contributed by atoms with Gasteiger partial charge in [0.25, 0.3) is 0 Å². The summed E-state index contributed by atoms with van der Waals surface area (Å²) in [6, 6.07) is 11.3. The van der Waals surface area contributed by atoms with E-state index in [-0.39, 0.29) is 28.7 Å². The van der Waals surface area contributed by atoms with Crippen molar-refractivity contribution in [2.75, 3.05) is 5.32 Å². The van der Waals surface area contributed by atoms with Gasteiger partial charge in [0.05, 0.1) is 16.7 Å². The maximum Gasteiger partial charge on any atom is 0.416 e. The molecule has 3 aromatic carbocycles. The SMILES string of the molecule is CC(=O)c1ccc(-c2nnc(Nc3cc(C(F)(F)F)cc(C(F)(F)F)c3)c3ccccc23)cc1F. The maximum absolute atomic E-state index is 14.4. The molecule has 0 aliphatic heterocycles. The Kier molecular flexibility index (Phi) is 5.95. The Hall–Kier alpha value is -4.02. The van der Waals surface area contributed by atoms with E-state index in [0.717, 1.165) is 6.07 Å². The lowest BCUT2D eigenvalue weighted by Gasteiger charge is -2.16.